The Labute approximate surface area is 177 Å². The number of carbonyl (C=O) groups excluding carboxylic acids is 1. The summed E-state index contributed by atoms with van der Waals surface area (Å²) in [6.07, 6.45) is 6.51. The molecule has 0 radical (unpaired) electrons. The van der Waals surface area contributed by atoms with Crippen LogP contribution in [0.5, 0.6) is 0 Å². The Morgan fingerprint density at radius 3 is 2.67 bits per heavy atom. The van der Waals surface area contributed by atoms with Gasteiger partial charge in [0.2, 0.25) is 5.91 Å². The molecule has 6 nitrogen and oxygen atoms in total. The minimum atomic E-state index is -0.110. The van der Waals surface area contributed by atoms with Gasteiger partial charge in [-0.25, -0.2) is 9.97 Å². The number of pyridine rings is 1. The van der Waals surface area contributed by atoms with Gasteiger partial charge in [-0.3, -0.25) is 9.78 Å². The number of hydrogen-bond acceptors (Lipinski definition) is 5. The van der Waals surface area contributed by atoms with E-state index >= 15 is 0 Å². The summed E-state index contributed by atoms with van der Waals surface area (Å²) >= 11 is 0. The first-order valence-corrected chi connectivity index (χ1v) is 10.5. The molecule has 0 aliphatic carbocycles. The van der Waals surface area contributed by atoms with Crippen LogP contribution in [-0.2, 0) is 4.79 Å². The Bertz CT molecular complexity index is 991. The van der Waals surface area contributed by atoms with Gasteiger partial charge in [0.05, 0.1) is 11.7 Å². The van der Waals surface area contributed by atoms with Crippen LogP contribution >= 0.6 is 0 Å². The number of likely N-dealkylation sites (tertiary alicyclic amines) is 1. The fraction of sp³-hybridized carbons (Fsp3) is 0.333. The summed E-state index contributed by atoms with van der Waals surface area (Å²) in [6.45, 7) is 4.65. The van der Waals surface area contributed by atoms with E-state index in [-0.39, 0.29) is 17.9 Å². The van der Waals surface area contributed by atoms with Gasteiger partial charge < -0.3 is 10.2 Å². The summed E-state index contributed by atoms with van der Waals surface area (Å²) in [5, 5.41) is 3.39. The molecule has 3 heterocycles. The lowest BCUT2D eigenvalue weighted by Crippen LogP contribution is -2.41. The molecule has 4 rings (SSSR count). The van der Waals surface area contributed by atoms with Crippen LogP contribution in [0.15, 0.2) is 60.9 Å². The molecule has 3 aromatic rings. The second kappa shape index (κ2) is 9.03. The maximum atomic E-state index is 12.9. The van der Waals surface area contributed by atoms with E-state index in [1.165, 1.54) is 0 Å². The number of piperidine rings is 1. The van der Waals surface area contributed by atoms with Crippen LogP contribution in [0.4, 0.5) is 11.5 Å². The quantitative estimate of drug-likeness (QED) is 0.652. The molecule has 0 bridgehead atoms. The number of para-hydroxylation sites is 1. The number of nitrogens with one attached hydrogen (secondary N) is 1. The Morgan fingerprint density at radius 2 is 1.93 bits per heavy atom. The largest absolute Gasteiger partial charge is 0.340 e. The molecule has 0 spiro atoms. The molecule has 1 aliphatic heterocycles. The van der Waals surface area contributed by atoms with Crippen molar-refractivity contribution in [1.82, 2.24) is 19.9 Å². The molecule has 6 heteroatoms. The summed E-state index contributed by atoms with van der Waals surface area (Å²) < 4.78 is 0. The van der Waals surface area contributed by atoms with Crippen LogP contribution in [0.3, 0.4) is 0 Å². The molecule has 1 aliphatic rings. The monoisotopic (exact) mass is 401 g/mol. The average Bonchev–Trinajstić information content (AvgIpc) is 2.79. The highest BCUT2D eigenvalue weighted by Gasteiger charge is 2.31. The molecule has 1 amide bonds. The Hall–Kier alpha value is -3.28. The lowest BCUT2D eigenvalue weighted by molar-refractivity contribution is -0.138. The van der Waals surface area contributed by atoms with Crippen molar-refractivity contribution >= 4 is 17.4 Å². The van der Waals surface area contributed by atoms with Gasteiger partial charge in [-0.1, -0.05) is 32.0 Å². The van der Waals surface area contributed by atoms with Crippen molar-refractivity contribution in [3.63, 3.8) is 0 Å². The van der Waals surface area contributed by atoms with Crippen molar-refractivity contribution < 1.29 is 4.79 Å². The Morgan fingerprint density at radius 1 is 1.10 bits per heavy atom. The standard InChI is InChI=1S/C24H27N5O/c1-17(2)24(30)29-14-7-6-12-21(29)23-27-20(18-9-8-13-25-16-18)15-22(28-23)26-19-10-4-3-5-11-19/h3-5,8-11,13,15-17,21H,6-7,12,14H2,1-2H3,(H,26,27,28)/t21-/m1/s1. The average molecular weight is 402 g/mol. The fourth-order valence-corrected chi connectivity index (χ4v) is 3.81. The summed E-state index contributed by atoms with van der Waals surface area (Å²) in [5.74, 6) is 1.51. The zero-order chi connectivity index (χ0) is 20.9. The molecule has 1 aromatic carbocycles. The zero-order valence-corrected chi connectivity index (χ0v) is 17.5. The van der Waals surface area contributed by atoms with Crippen molar-refractivity contribution in [2.24, 2.45) is 5.92 Å². The summed E-state index contributed by atoms with van der Waals surface area (Å²) in [5.41, 5.74) is 2.68. The Balaban J connectivity index is 1.75. The van der Waals surface area contributed by atoms with E-state index in [9.17, 15) is 4.79 Å². The normalized spacial score (nSPS) is 16.5. The number of nitrogens with zero attached hydrogens (tertiary/aromatic N) is 4. The molecular weight excluding hydrogens is 374 g/mol. The van der Waals surface area contributed by atoms with E-state index in [1.54, 1.807) is 12.4 Å². The van der Waals surface area contributed by atoms with Crippen molar-refractivity contribution in [1.29, 1.82) is 0 Å². The second-order valence-corrected chi connectivity index (χ2v) is 7.93. The van der Waals surface area contributed by atoms with Gasteiger partial charge in [0.15, 0.2) is 5.82 Å². The lowest BCUT2D eigenvalue weighted by atomic mass is 9.99. The molecule has 1 N–H and O–H groups in total. The van der Waals surface area contributed by atoms with E-state index in [4.69, 9.17) is 9.97 Å². The first-order valence-electron chi connectivity index (χ1n) is 10.5. The third kappa shape index (κ3) is 4.48. The number of rotatable bonds is 5. The summed E-state index contributed by atoms with van der Waals surface area (Å²) in [4.78, 5) is 28.8. The lowest BCUT2D eigenvalue weighted by Gasteiger charge is -2.36. The highest BCUT2D eigenvalue weighted by Crippen LogP contribution is 2.32. The van der Waals surface area contributed by atoms with Crippen LogP contribution in [0.1, 0.15) is 45.0 Å². The van der Waals surface area contributed by atoms with Crippen LogP contribution in [0, 0.1) is 5.92 Å². The van der Waals surface area contributed by atoms with Gasteiger partial charge in [0, 0.05) is 42.2 Å². The van der Waals surface area contributed by atoms with E-state index < -0.39 is 0 Å². The maximum absolute atomic E-state index is 12.9. The van der Waals surface area contributed by atoms with Crippen molar-refractivity contribution in [3.8, 4) is 11.3 Å². The molecule has 30 heavy (non-hydrogen) atoms. The molecular formula is C24H27N5O. The van der Waals surface area contributed by atoms with Crippen LogP contribution in [-0.4, -0.2) is 32.3 Å². The van der Waals surface area contributed by atoms with Gasteiger partial charge in [0.1, 0.15) is 5.82 Å². The van der Waals surface area contributed by atoms with Crippen LogP contribution in [0.2, 0.25) is 0 Å². The predicted octanol–water partition coefficient (Wildman–Crippen LogP) is 4.99. The van der Waals surface area contributed by atoms with E-state index in [0.29, 0.717) is 11.6 Å². The third-order valence-corrected chi connectivity index (χ3v) is 5.32. The second-order valence-electron chi connectivity index (χ2n) is 7.93. The minimum absolute atomic E-state index is 0.0472. The highest BCUT2D eigenvalue weighted by molar-refractivity contribution is 5.78. The maximum Gasteiger partial charge on any atom is 0.225 e. The van der Waals surface area contributed by atoms with Gasteiger partial charge in [-0.2, -0.15) is 0 Å². The van der Waals surface area contributed by atoms with Crippen molar-refractivity contribution in [2.75, 3.05) is 11.9 Å². The topological polar surface area (TPSA) is 71.0 Å². The number of hydrogen-bond donors (Lipinski definition) is 1. The first-order chi connectivity index (χ1) is 14.6. The Kier molecular flexibility index (Phi) is 6.02. The van der Waals surface area contributed by atoms with E-state index in [0.717, 1.165) is 42.8 Å². The van der Waals surface area contributed by atoms with E-state index in [2.05, 4.69) is 10.3 Å². The van der Waals surface area contributed by atoms with Gasteiger partial charge in [-0.05, 0) is 43.5 Å². The molecule has 0 saturated carbocycles. The van der Waals surface area contributed by atoms with Crippen LogP contribution in [0.25, 0.3) is 11.3 Å². The smallest absolute Gasteiger partial charge is 0.225 e. The highest BCUT2D eigenvalue weighted by atomic mass is 16.2. The number of amides is 1. The van der Waals surface area contributed by atoms with Gasteiger partial charge >= 0.3 is 0 Å². The van der Waals surface area contributed by atoms with Gasteiger partial charge in [0.25, 0.3) is 0 Å². The first kappa shape index (κ1) is 20.0. The van der Waals surface area contributed by atoms with Gasteiger partial charge in [-0.15, -0.1) is 0 Å². The molecule has 1 saturated heterocycles. The predicted molar refractivity (Wildman–Crippen MR) is 118 cm³/mol. The van der Waals surface area contributed by atoms with Crippen LogP contribution < -0.4 is 5.32 Å². The summed E-state index contributed by atoms with van der Waals surface area (Å²) in [6, 6.07) is 15.7. The third-order valence-electron chi connectivity index (χ3n) is 5.32. The fourth-order valence-electron chi connectivity index (χ4n) is 3.81. The molecule has 154 valence electrons. The molecule has 2 aromatic heterocycles. The molecule has 1 atom stereocenters. The van der Waals surface area contributed by atoms with E-state index in [1.807, 2.05) is 67.3 Å². The minimum Gasteiger partial charge on any atom is -0.340 e. The summed E-state index contributed by atoms with van der Waals surface area (Å²) in [7, 11) is 0. The SMILES string of the molecule is CC(C)C(=O)N1CCCC[C@@H]1c1nc(Nc2ccccc2)cc(-c2cccnc2)n1. The van der Waals surface area contributed by atoms with Crippen molar-refractivity contribution in [3.05, 3.63) is 66.7 Å². The molecule has 0 unspecified atom stereocenters. The number of benzene rings is 1. The number of aromatic nitrogens is 3. The number of anilines is 2. The number of carbonyl (C=O) groups is 1. The van der Waals surface area contributed by atoms with Crippen molar-refractivity contribution in [2.45, 2.75) is 39.2 Å². The zero-order valence-electron chi connectivity index (χ0n) is 17.5. The molecule has 1 fully saturated rings.